The number of hydrogen-bond acceptors (Lipinski definition) is 3. The average molecular weight is 206 g/mol. The average Bonchev–Trinajstić information content (AvgIpc) is 2.17. The third-order valence-corrected chi connectivity index (χ3v) is 2.21. The van der Waals surface area contributed by atoms with Crippen molar-refractivity contribution in [2.45, 2.75) is 20.3 Å². The summed E-state index contributed by atoms with van der Waals surface area (Å²) in [7, 11) is 1.28. The highest BCUT2D eigenvalue weighted by Crippen LogP contribution is 2.12. The number of Topliss-reactive ketones (excluding diaryl/α,β-unsaturated/α-hetero) is 1. The third-order valence-electron chi connectivity index (χ3n) is 2.21. The minimum Gasteiger partial charge on any atom is -0.469 e. The Hall–Kier alpha value is -1.64. The summed E-state index contributed by atoms with van der Waals surface area (Å²) in [6.07, 6.45) is -0.194. The van der Waals surface area contributed by atoms with Gasteiger partial charge in [0, 0.05) is 5.56 Å². The number of ether oxygens (including phenoxy) is 1. The van der Waals surface area contributed by atoms with Crippen LogP contribution in [-0.2, 0) is 9.53 Å². The van der Waals surface area contributed by atoms with E-state index in [1.165, 1.54) is 7.11 Å². The Morgan fingerprint density at radius 2 is 1.93 bits per heavy atom. The molecular weight excluding hydrogens is 192 g/mol. The van der Waals surface area contributed by atoms with E-state index in [4.69, 9.17) is 0 Å². The van der Waals surface area contributed by atoms with Crippen LogP contribution in [0.1, 0.15) is 27.9 Å². The van der Waals surface area contributed by atoms with Crippen molar-refractivity contribution in [3.05, 3.63) is 34.9 Å². The van der Waals surface area contributed by atoms with Gasteiger partial charge in [-0.05, 0) is 19.4 Å². The zero-order valence-electron chi connectivity index (χ0n) is 9.16. The van der Waals surface area contributed by atoms with Gasteiger partial charge < -0.3 is 4.74 Å². The lowest BCUT2D eigenvalue weighted by molar-refractivity contribution is -0.139. The van der Waals surface area contributed by atoms with Crippen molar-refractivity contribution in [1.29, 1.82) is 0 Å². The largest absolute Gasteiger partial charge is 0.469 e. The van der Waals surface area contributed by atoms with Gasteiger partial charge in [-0.25, -0.2) is 0 Å². The molecule has 80 valence electrons. The Morgan fingerprint density at radius 1 is 1.27 bits per heavy atom. The van der Waals surface area contributed by atoms with Gasteiger partial charge >= 0.3 is 5.97 Å². The van der Waals surface area contributed by atoms with Gasteiger partial charge in [0.2, 0.25) is 0 Å². The first kappa shape index (κ1) is 11.4. The molecule has 0 aliphatic carbocycles. The van der Waals surface area contributed by atoms with E-state index < -0.39 is 5.97 Å². The topological polar surface area (TPSA) is 43.4 Å². The molecule has 0 heterocycles. The number of hydrogen-bond donors (Lipinski definition) is 0. The Labute approximate surface area is 89.1 Å². The number of esters is 1. The number of carbonyl (C=O) groups is 2. The van der Waals surface area contributed by atoms with E-state index in [0.29, 0.717) is 5.56 Å². The molecule has 0 saturated heterocycles. The number of carbonyl (C=O) groups excluding carboxylic acids is 2. The monoisotopic (exact) mass is 206 g/mol. The van der Waals surface area contributed by atoms with Crippen molar-refractivity contribution >= 4 is 11.8 Å². The molecule has 0 spiro atoms. The lowest BCUT2D eigenvalue weighted by atomic mass is 10.0. The Balaban J connectivity index is 2.87. The highest BCUT2D eigenvalue weighted by atomic mass is 16.5. The smallest absolute Gasteiger partial charge is 0.313 e. The van der Waals surface area contributed by atoms with Crippen LogP contribution in [0.25, 0.3) is 0 Å². The SMILES string of the molecule is COC(=O)CC(=O)c1ccc(C)cc1C. The maximum absolute atomic E-state index is 11.6. The lowest BCUT2D eigenvalue weighted by Crippen LogP contribution is -2.10. The molecule has 0 unspecified atom stereocenters. The van der Waals surface area contributed by atoms with E-state index in [9.17, 15) is 9.59 Å². The van der Waals surface area contributed by atoms with Crippen LogP contribution in [0.3, 0.4) is 0 Å². The first-order chi connectivity index (χ1) is 7.04. The van der Waals surface area contributed by atoms with E-state index in [0.717, 1.165) is 11.1 Å². The van der Waals surface area contributed by atoms with Crippen molar-refractivity contribution in [2.75, 3.05) is 7.11 Å². The molecule has 0 bridgehead atoms. The normalized spacial score (nSPS) is 9.80. The van der Waals surface area contributed by atoms with Crippen molar-refractivity contribution in [3.63, 3.8) is 0 Å². The molecule has 0 aromatic heterocycles. The Kier molecular flexibility index (Phi) is 3.61. The van der Waals surface area contributed by atoms with Gasteiger partial charge in [0.05, 0.1) is 7.11 Å². The molecule has 0 fully saturated rings. The van der Waals surface area contributed by atoms with E-state index >= 15 is 0 Å². The number of methoxy groups -OCH3 is 1. The van der Waals surface area contributed by atoms with E-state index in [1.54, 1.807) is 6.07 Å². The number of aryl methyl sites for hydroxylation is 2. The second kappa shape index (κ2) is 4.73. The summed E-state index contributed by atoms with van der Waals surface area (Å²) in [5.74, 6) is -0.695. The van der Waals surface area contributed by atoms with Gasteiger partial charge in [0.15, 0.2) is 5.78 Å². The van der Waals surface area contributed by atoms with Crippen LogP contribution in [-0.4, -0.2) is 18.9 Å². The summed E-state index contributed by atoms with van der Waals surface area (Å²) in [5.41, 5.74) is 2.58. The first-order valence-corrected chi connectivity index (χ1v) is 4.72. The minimum absolute atomic E-state index is 0.194. The summed E-state index contributed by atoms with van der Waals surface area (Å²) in [6, 6.07) is 5.53. The van der Waals surface area contributed by atoms with Gasteiger partial charge in [-0.15, -0.1) is 0 Å². The molecular formula is C12H14O3. The summed E-state index contributed by atoms with van der Waals surface area (Å²) < 4.78 is 4.45. The summed E-state index contributed by atoms with van der Waals surface area (Å²) in [4.78, 5) is 22.6. The summed E-state index contributed by atoms with van der Waals surface area (Å²) >= 11 is 0. The molecule has 0 radical (unpaired) electrons. The molecule has 0 N–H and O–H groups in total. The molecule has 0 aliphatic rings. The molecule has 3 nitrogen and oxygen atoms in total. The van der Waals surface area contributed by atoms with E-state index in [2.05, 4.69) is 4.74 Å². The Bertz CT molecular complexity index is 394. The predicted octanol–water partition coefficient (Wildman–Crippen LogP) is 2.05. The maximum atomic E-state index is 11.6. The highest BCUT2D eigenvalue weighted by Gasteiger charge is 2.13. The molecule has 0 amide bonds. The fourth-order valence-corrected chi connectivity index (χ4v) is 1.42. The molecule has 15 heavy (non-hydrogen) atoms. The van der Waals surface area contributed by atoms with Crippen LogP contribution in [0.5, 0.6) is 0 Å². The molecule has 0 atom stereocenters. The van der Waals surface area contributed by atoms with Gasteiger partial charge in [-0.3, -0.25) is 9.59 Å². The molecule has 3 heteroatoms. The van der Waals surface area contributed by atoms with E-state index in [-0.39, 0.29) is 12.2 Å². The second-order valence-corrected chi connectivity index (χ2v) is 3.49. The van der Waals surface area contributed by atoms with Crippen LogP contribution in [0.2, 0.25) is 0 Å². The van der Waals surface area contributed by atoms with Gasteiger partial charge in [0.1, 0.15) is 6.42 Å². The van der Waals surface area contributed by atoms with Crippen LogP contribution in [0.15, 0.2) is 18.2 Å². The van der Waals surface area contributed by atoms with Crippen molar-refractivity contribution in [2.24, 2.45) is 0 Å². The highest BCUT2D eigenvalue weighted by molar-refractivity contribution is 6.06. The lowest BCUT2D eigenvalue weighted by Gasteiger charge is -2.04. The van der Waals surface area contributed by atoms with E-state index in [1.807, 2.05) is 26.0 Å². The quantitative estimate of drug-likeness (QED) is 0.432. The van der Waals surface area contributed by atoms with Crippen molar-refractivity contribution in [3.8, 4) is 0 Å². The van der Waals surface area contributed by atoms with Gasteiger partial charge in [-0.2, -0.15) is 0 Å². The summed E-state index contributed by atoms with van der Waals surface area (Å²) in [6.45, 7) is 3.82. The number of benzene rings is 1. The fraction of sp³-hybridized carbons (Fsp3) is 0.333. The molecule has 0 saturated carbocycles. The zero-order chi connectivity index (χ0) is 11.4. The third kappa shape index (κ3) is 2.91. The standard InChI is InChI=1S/C12H14O3/c1-8-4-5-10(9(2)6-8)11(13)7-12(14)15-3/h4-6H,7H2,1-3H3. The van der Waals surface area contributed by atoms with Gasteiger partial charge in [-0.1, -0.05) is 23.8 Å². The first-order valence-electron chi connectivity index (χ1n) is 4.72. The van der Waals surface area contributed by atoms with Crippen molar-refractivity contribution < 1.29 is 14.3 Å². The van der Waals surface area contributed by atoms with Crippen LogP contribution < -0.4 is 0 Å². The Morgan fingerprint density at radius 3 is 2.47 bits per heavy atom. The minimum atomic E-state index is -0.500. The van der Waals surface area contributed by atoms with Crippen LogP contribution in [0, 0.1) is 13.8 Å². The molecule has 1 aromatic rings. The molecule has 1 aromatic carbocycles. The fourth-order valence-electron chi connectivity index (χ4n) is 1.42. The number of rotatable bonds is 3. The molecule has 1 rings (SSSR count). The van der Waals surface area contributed by atoms with Crippen LogP contribution in [0.4, 0.5) is 0 Å². The maximum Gasteiger partial charge on any atom is 0.313 e. The van der Waals surface area contributed by atoms with Crippen LogP contribution >= 0.6 is 0 Å². The summed E-state index contributed by atoms with van der Waals surface area (Å²) in [5, 5.41) is 0. The molecule has 0 aliphatic heterocycles. The van der Waals surface area contributed by atoms with Crippen molar-refractivity contribution in [1.82, 2.24) is 0 Å². The number of ketones is 1. The predicted molar refractivity (Wildman–Crippen MR) is 56.9 cm³/mol. The zero-order valence-corrected chi connectivity index (χ0v) is 9.16. The second-order valence-electron chi connectivity index (χ2n) is 3.49. The van der Waals surface area contributed by atoms with Gasteiger partial charge in [0.25, 0.3) is 0 Å².